The molecule has 0 fully saturated rings. The van der Waals surface area contributed by atoms with E-state index in [-0.39, 0.29) is 11.6 Å². The Kier molecular flexibility index (Phi) is 5.27. The Bertz CT molecular complexity index is 895. The van der Waals surface area contributed by atoms with Crippen molar-refractivity contribution in [3.8, 4) is 17.2 Å². The molecule has 7 heteroatoms. The summed E-state index contributed by atoms with van der Waals surface area (Å²) in [6.07, 6.45) is 1.66. The molecule has 2 aromatic carbocycles. The van der Waals surface area contributed by atoms with E-state index in [2.05, 4.69) is 20.9 Å². The molecule has 3 rings (SSSR count). The van der Waals surface area contributed by atoms with Gasteiger partial charge in [-0.25, -0.2) is 9.79 Å². The molecule has 0 bridgehead atoms. The van der Waals surface area contributed by atoms with Crippen molar-refractivity contribution in [2.45, 2.75) is 0 Å². The summed E-state index contributed by atoms with van der Waals surface area (Å²) in [6, 6.07) is 10.9. The minimum Gasteiger partial charge on any atom is -0.493 e. The fraction of sp³-hybridized carbons (Fsp3) is 0.158. The van der Waals surface area contributed by atoms with Crippen LogP contribution < -0.4 is 14.2 Å². The lowest BCUT2D eigenvalue weighted by Crippen LogP contribution is -2.06. The van der Waals surface area contributed by atoms with Gasteiger partial charge in [0.1, 0.15) is 0 Å². The molecule has 0 saturated heterocycles. The average Bonchev–Trinajstić information content (AvgIpc) is 3.01. The number of aliphatic imine (C=N–C) groups is 1. The van der Waals surface area contributed by atoms with Crippen molar-refractivity contribution in [1.29, 1.82) is 0 Å². The number of cyclic esters (lactones) is 1. The van der Waals surface area contributed by atoms with Crippen molar-refractivity contribution in [3.63, 3.8) is 0 Å². The van der Waals surface area contributed by atoms with Gasteiger partial charge in [0.05, 0.1) is 21.3 Å². The molecule has 0 amide bonds. The minimum absolute atomic E-state index is 0.176. The van der Waals surface area contributed by atoms with E-state index in [1.807, 2.05) is 24.3 Å². The van der Waals surface area contributed by atoms with Crippen molar-refractivity contribution in [3.05, 3.63) is 57.7 Å². The number of halogens is 1. The largest absolute Gasteiger partial charge is 0.493 e. The third-order valence-electron chi connectivity index (χ3n) is 3.68. The Morgan fingerprint density at radius 1 is 1.04 bits per heavy atom. The van der Waals surface area contributed by atoms with E-state index in [4.69, 9.17) is 18.9 Å². The molecule has 0 unspecified atom stereocenters. The molecule has 26 heavy (non-hydrogen) atoms. The number of carbonyl (C=O) groups is 1. The number of esters is 1. The van der Waals surface area contributed by atoms with E-state index in [1.54, 1.807) is 18.2 Å². The summed E-state index contributed by atoms with van der Waals surface area (Å²) in [7, 11) is 4.55. The molecular formula is C19H16BrNO5. The molecule has 0 atom stereocenters. The number of hydrogen-bond donors (Lipinski definition) is 0. The summed E-state index contributed by atoms with van der Waals surface area (Å²) in [5.41, 5.74) is 1.60. The van der Waals surface area contributed by atoms with Crippen molar-refractivity contribution in [2.75, 3.05) is 21.3 Å². The molecule has 134 valence electrons. The quantitative estimate of drug-likeness (QED) is 0.546. The first kappa shape index (κ1) is 18.0. The SMILES string of the molecule is COc1cc(C2=N/C(=C/c3cccc(Br)c3)C(=O)O2)cc(OC)c1OC. The summed E-state index contributed by atoms with van der Waals surface area (Å²) >= 11 is 3.40. The highest BCUT2D eigenvalue weighted by Crippen LogP contribution is 2.39. The van der Waals surface area contributed by atoms with E-state index >= 15 is 0 Å². The van der Waals surface area contributed by atoms with Crippen LogP contribution in [0.3, 0.4) is 0 Å². The molecule has 6 nitrogen and oxygen atoms in total. The van der Waals surface area contributed by atoms with Crippen LogP contribution in [0.1, 0.15) is 11.1 Å². The summed E-state index contributed by atoms with van der Waals surface area (Å²) in [4.78, 5) is 16.5. The highest BCUT2D eigenvalue weighted by molar-refractivity contribution is 9.10. The molecule has 0 radical (unpaired) electrons. The second kappa shape index (κ2) is 7.61. The Hall–Kier alpha value is -2.80. The Balaban J connectivity index is 2.01. The average molecular weight is 418 g/mol. The zero-order valence-corrected chi connectivity index (χ0v) is 16.0. The van der Waals surface area contributed by atoms with Crippen LogP contribution >= 0.6 is 15.9 Å². The number of rotatable bonds is 5. The first-order valence-corrected chi connectivity index (χ1v) is 8.43. The van der Waals surface area contributed by atoms with Crippen molar-refractivity contribution in [1.82, 2.24) is 0 Å². The molecule has 0 aliphatic carbocycles. The van der Waals surface area contributed by atoms with E-state index in [1.165, 1.54) is 21.3 Å². The van der Waals surface area contributed by atoms with Gasteiger partial charge in [-0.05, 0) is 35.9 Å². The van der Waals surface area contributed by atoms with Gasteiger partial charge in [0.25, 0.3) is 0 Å². The van der Waals surface area contributed by atoms with Crippen LogP contribution in [0.15, 0.2) is 51.6 Å². The van der Waals surface area contributed by atoms with Gasteiger partial charge in [0.2, 0.25) is 11.6 Å². The fourth-order valence-corrected chi connectivity index (χ4v) is 2.91. The molecule has 1 heterocycles. The minimum atomic E-state index is -0.520. The lowest BCUT2D eigenvalue weighted by atomic mass is 10.1. The molecule has 0 N–H and O–H groups in total. The van der Waals surface area contributed by atoms with Gasteiger partial charge in [0.15, 0.2) is 17.2 Å². The number of benzene rings is 2. The first-order valence-electron chi connectivity index (χ1n) is 7.64. The van der Waals surface area contributed by atoms with E-state index in [0.717, 1.165) is 10.0 Å². The Morgan fingerprint density at radius 2 is 1.73 bits per heavy atom. The highest BCUT2D eigenvalue weighted by Gasteiger charge is 2.26. The zero-order chi connectivity index (χ0) is 18.7. The summed E-state index contributed by atoms with van der Waals surface area (Å²) in [5, 5.41) is 0. The summed E-state index contributed by atoms with van der Waals surface area (Å²) in [6.45, 7) is 0. The topological polar surface area (TPSA) is 66.4 Å². The molecule has 1 aliphatic rings. The summed E-state index contributed by atoms with van der Waals surface area (Å²) in [5.74, 6) is 1.01. The van der Waals surface area contributed by atoms with Gasteiger partial charge < -0.3 is 18.9 Å². The number of carbonyl (C=O) groups excluding carboxylic acids is 1. The predicted octanol–water partition coefficient (Wildman–Crippen LogP) is 3.82. The van der Waals surface area contributed by atoms with E-state index in [0.29, 0.717) is 22.8 Å². The van der Waals surface area contributed by atoms with Gasteiger partial charge in [0, 0.05) is 10.0 Å². The molecule has 0 saturated carbocycles. The maximum absolute atomic E-state index is 12.2. The van der Waals surface area contributed by atoms with Gasteiger partial charge in [-0.1, -0.05) is 28.1 Å². The third-order valence-corrected chi connectivity index (χ3v) is 4.18. The maximum atomic E-state index is 12.2. The second-order valence-electron chi connectivity index (χ2n) is 5.31. The van der Waals surface area contributed by atoms with Gasteiger partial charge in [-0.2, -0.15) is 0 Å². The third kappa shape index (κ3) is 3.57. The van der Waals surface area contributed by atoms with Gasteiger partial charge in [-0.3, -0.25) is 0 Å². The van der Waals surface area contributed by atoms with Crippen LogP contribution in [-0.4, -0.2) is 33.2 Å². The second-order valence-corrected chi connectivity index (χ2v) is 6.22. The van der Waals surface area contributed by atoms with Crippen LogP contribution in [0, 0.1) is 0 Å². The lowest BCUT2D eigenvalue weighted by Gasteiger charge is -2.13. The van der Waals surface area contributed by atoms with Crippen LogP contribution in [0.2, 0.25) is 0 Å². The fourth-order valence-electron chi connectivity index (χ4n) is 2.49. The van der Waals surface area contributed by atoms with Crippen LogP contribution in [0.5, 0.6) is 17.2 Å². The maximum Gasteiger partial charge on any atom is 0.363 e. The monoisotopic (exact) mass is 417 g/mol. The predicted molar refractivity (Wildman–Crippen MR) is 101 cm³/mol. The standard InChI is InChI=1S/C19H16BrNO5/c1-23-15-9-12(10-16(24-2)17(15)25-3)18-21-14(19(22)26-18)8-11-5-4-6-13(20)7-11/h4-10H,1-3H3/b14-8+. The lowest BCUT2D eigenvalue weighted by molar-refractivity contribution is -0.129. The van der Waals surface area contributed by atoms with Crippen molar-refractivity contribution < 1.29 is 23.7 Å². The van der Waals surface area contributed by atoms with Crippen LogP contribution in [0.25, 0.3) is 6.08 Å². The van der Waals surface area contributed by atoms with E-state index < -0.39 is 5.97 Å². The summed E-state index contributed by atoms with van der Waals surface area (Å²) < 4.78 is 22.2. The molecule has 1 aliphatic heterocycles. The molecule has 0 aromatic heterocycles. The number of nitrogens with zero attached hydrogens (tertiary/aromatic N) is 1. The zero-order valence-electron chi connectivity index (χ0n) is 14.4. The highest BCUT2D eigenvalue weighted by atomic mass is 79.9. The smallest absolute Gasteiger partial charge is 0.363 e. The number of methoxy groups -OCH3 is 3. The molecule has 2 aromatic rings. The first-order chi connectivity index (χ1) is 12.5. The molecule has 0 spiro atoms. The van der Waals surface area contributed by atoms with Gasteiger partial charge >= 0.3 is 5.97 Å². The molecular weight excluding hydrogens is 402 g/mol. The van der Waals surface area contributed by atoms with Crippen LogP contribution in [-0.2, 0) is 9.53 Å². The number of hydrogen-bond acceptors (Lipinski definition) is 6. The van der Waals surface area contributed by atoms with Crippen LogP contribution in [0.4, 0.5) is 0 Å². The number of ether oxygens (including phenoxy) is 4. The Labute approximate surface area is 159 Å². The van der Waals surface area contributed by atoms with Crippen molar-refractivity contribution in [2.24, 2.45) is 4.99 Å². The van der Waals surface area contributed by atoms with Crippen molar-refractivity contribution >= 4 is 33.9 Å². The van der Waals surface area contributed by atoms with E-state index in [9.17, 15) is 4.79 Å². The Morgan fingerprint density at radius 3 is 2.31 bits per heavy atom. The van der Waals surface area contributed by atoms with Gasteiger partial charge in [-0.15, -0.1) is 0 Å². The normalized spacial score (nSPS) is 14.8.